The molecule has 2 aromatic rings. The van der Waals surface area contributed by atoms with Gasteiger partial charge in [0, 0.05) is 18.5 Å². The number of nitrogens with zero attached hydrogens (tertiary/aromatic N) is 2. The van der Waals surface area contributed by atoms with Crippen LogP contribution in [-0.4, -0.2) is 22.5 Å². The van der Waals surface area contributed by atoms with Crippen LogP contribution in [0.25, 0.3) is 0 Å². The van der Waals surface area contributed by atoms with E-state index in [0.717, 1.165) is 38.0 Å². The fourth-order valence-electron chi connectivity index (χ4n) is 3.33. The first kappa shape index (κ1) is 13.6. The van der Waals surface area contributed by atoms with E-state index in [0.29, 0.717) is 11.6 Å². The van der Waals surface area contributed by atoms with E-state index in [1.165, 1.54) is 11.1 Å². The van der Waals surface area contributed by atoms with E-state index in [-0.39, 0.29) is 11.9 Å². The van der Waals surface area contributed by atoms with Crippen molar-refractivity contribution in [2.45, 2.75) is 44.6 Å². The number of benzene rings is 1. The van der Waals surface area contributed by atoms with Crippen LogP contribution in [0.15, 0.2) is 34.9 Å². The lowest BCUT2D eigenvalue weighted by Crippen LogP contribution is -2.30. The SMILES string of the molecule is Cc1cccc(C2CCCN2C(=O)c2cc(C3CC3)on2)c1. The van der Waals surface area contributed by atoms with Gasteiger partial charge in [0.1, 0.15) is 5.76 Å². The van der Waals surface area contributed by atoms with Crippen LogP contribution in [0.3, 0.4) is 0 Å². The number of hydrogen-bond donors (Lipinski definition) is 0. The lowest BCUT2D eigenvalue weighted by atomic mass is 10.0. The summed E-state index contributed by atoms with van der Waals surface area (Å²) in [5, 5.41) is 4.00. The molecule has 1 amide bonds. The van der Waals surface area contributed by atoms with Crippen LogP contribution in [0, 0.1) is 6.92 Å². The average Bonchev–Trinajstić information content (AvgIpc) is 3.06. The number of carbonyl (C=O) groups excluding carboxylic acids is 1. The van der Waals surface area contributed by atoms with E-state index in [1.807, 2.05) is 11.0 Å². The Hall–Kier alpha value is -2.10. The van der Waals surface area contributed by atoms with Gasteiger partial charge >= 0.3 is 0 Å². The molecule has 0 N–H and O–H groups in total. The van der Waals surface area contributed by atoms with Gasteiger partial charge in [0.15, 0.2) is 5.69 Å². The van der Waals surface area contributed by atoms with Crippen molar-refractivity contribution >= 4 is 5.91 Å². The highest BCUT2D eigenvalue weighted by Crippen LogP contribution is 2.40. The summed E-state index contributed by atoms with van der Waals surface area (Å²) in [7, 11) is 0. The van der Waals surface area contributed by atoms with Crippen molar-refractivity contribution in [3.63, 3.8) is 0 Å². The quantitative estimate of drug-likeness (QED) is 0.864. The molecule has 0 bridgehead atoms. The Morgan fingerprint density at radius 2 is 2.14 bits per heavy atom. The van der Waals surface area contributed by atoms with Gasteiger partial charge in [-0.3, -0.25) is 4.79 Å². The van der Waals surface area contributed by atoms with Gasteiger partial charge in [-0.1, -0.05) is 35.0 Å². The third-order valence-corrected chi connectivity index (χ3v) is 4.67. The van der Waals surface area contributed by atoms with Crippen molar-refractivity contribution in [2.75, 3.05) is 6.54 Å². The predicted octanol–water partition coefficient (Wildman–Crippen LogP) is 3.84. The Morgan fingerprint density at radius 1 is 1.27 bits per heavy atom. The predicted molar refractivity (Wildman–Crippen MR) is 82.7 cm³/mol. The molecule has 1 unspecified atom stereocenters. The van der Waals surface area contributed by atoms with E-state index in [9.17, 15) is 4.79 Å². The summed E-state index contributed by atoms with van der Waals surface area (Å²) >= 11 is 0. The van der Waals surface area contributed by atoms with Crippen LogP contribution >= 0.6 is 0 Å². The van der Waals surface area contributed by atoms with E-state index in [4.69, 9.17) is 4.52 Å². The van der Waals surface area contributed by atoms with Gasteiger partial charge in [-0.05, 0) is 38.2 Å². The second-order valence-electron chi connectivity index (χ2n) is 6.46. The number of likely N-dealkylation sites (tertiary alicyclic amines) is 1. The molecule has 1 saturated heterocycles. The topological polar surface area (TPSA) is 46.3 Å². The molecule has 4 nitrogen and oxygen atoms in total. The highest BCUT2D eigenvalue weighted by Gasteiger charge is 2.34. The molecule has 2 heterocycles. The second-order valence-corrected chi connectivity index (χ2v) is 6.46. The van der Waals surface area contributed by atoms with Gasteiger partial charge in [0.2, 0.25) is 0 Å². The number of hydrogen-bond acceptors (Lipinski definition) is 3. The monoisotopic (exact) mass is 296 g/mol. The molecule has 1 aromatic heterocycles. The highest BCUT2D eigenvalue weighted by atomic mass is 16.5. The Bertz CT molecular complexity index is 703. The first-order valence-corrected chi connectivity index (χ1v) is 8.06. The van der Waals surface area contributed by atoms with Crippen LogP contribution in [0.2, 0.25) is 0 Å². The molecule has 0 spiro atoms. The molecule has 114 valence electrons. The van der Waals surface area contributed by atoms with Crippen LogP contribution < -0.4 is 0 Å². The Labute approximate surface area is 130 Å². The zero-order valence-corrected chi connectivity index (χ0v) is 12.8. The van der Waals surface area contributed by atoms with Crippen molar-refractivity contribution in [3.8, 4) is 0 Å². The van der Waals surface area contributed by atoms with Crippen LogP contribution in [0.1, 0.15) is 65.0 Å². The van der Waals surface area contributed by atoms with E-state index < -0.39 is 0 Å². The molecule has 1 aromatic carbocycles. The molecule has 2 aliphatic rings. The smallest absolute Gasteiger partial charge is 0.276 e. The summed E-state index contributed by atoms with van der Waals surface area (Å²) in [6.07, 6.45) is 4.36. The second kappa shape index (κ2) is 5.27. The van der Waals surface area contributed by atoms with E-state index in [2.05, 4.69) is 36.3 Å². The molecule has 22 heavy (non-hydrogen) atoms. The molecule has 1 aliphatic carbocycles. The minimum absolute atomic E-state index is 0.000318. The fraction of sp³-hybridized carbons (Fsp3) is 0.444. The number of amides is 1. The first-order valence-electron chi connectivity index (χ1n) is 8.06. The van der Waals surface area contributed by atoms with Crippen LogP contribution in [0.4, 0.5) is 0 Å². The molecular formula is C18H20N2O2. The third-order valence-electron chi connectivity index (χ3n) is 4.67. The number of aromatic nitrogens is 1. The zero-order chi connectivity index (χ0) is 15.1. The minimum atomic E-state index is -0.000318. The van der Waals surface area contributed by atoms with Gasteiger partial charge in [0.05, 0.1) is 6.04 Å². The Kier molecular flexibility index (Phi) is 3.25. The van der Waals surface area contributed by atoms with Crippen LogP contribution in [-0.2, 0) is 0 Å². The van der Waals surface area contributed by atoms with Crippen molar-refractivity contribution < 1.29 is 9.32 Å². The maximum atomic E-state index is 12.8. The number of rotatable bonds is 3. The third kappa shape index (κ3) is 2.43. The lowest BCUT2D eigenvalue weighted by molar-refractivity contribution is 0.0725. The number of carbonyl (C=O) groups is 1. The van der Waals surface area contributed by atoms with E-state index in [1.54, 1.807) is 0 Å². The standard InChI is InChI=1S/C18H20N2O2/c1-12-4-2-5-14(10-12)16-6-3-9-20(16)18(21)15-11-17(22-19-15)13-7-8-13/h2,4-5,10-11,13,16H,3,6-9H2,1H3. The Morgan fingerprint density at radius 3 is 2.91 bits per heavy atom. The number of aryl methyl sites for hydroxylation is 1. The molecule has 1 atom stereocenters. The van der Waals surface area contributed by atoms with Crippen molar-refractivity contribution in [2.24, 2.45) is 0 Å². The summed E-state index contributed by atoms with van der Waals surface area (Å²) in [6, 6.07) is 10.4. The molecule has 4 heteroatoms. The Balaban J connectivity index is 1.58. The lowest BCUT2D eigenvalue weighted by Gasteiger charge is -2.24. The van der Waals surface area contributed by atoms with E-state index >= 15 is 0 Å². The molecule has 2 fully saturated rings. The highest BCUT2D eigenvalue weighted by molar-refractivity contribution is 5.92. The minimum Gasteiger partial charge on any atom is -0.360 e. The van der Waals surface area contributed by atoms with Gasteiger partial charge in [-0.15, -0.1) is 0 Å². The average molecular weight is 296 g/mol. The summed E-state index contributed by atoms with van der Waals surface area (Å²) in [4.78, 5) is 14.7. The molecule has 4 rings (SSSR count). The van der Waals surface area contributed by atoms with Crippen molar-refractivity contribution in [1.82, 2.24) is 10.1 Å². The van der Waals surface area contributed by atoms with Gasteiger partial charge in [-0.2, -0.15) is 0 Å². The normalized spacial score (nSPS) is 21.3. The summed E-state index contributed by atoms with van der Waals surface area (Å²) < 4.78 is 5.33. The first-order chi connectivity index (χ1) is 10.7. The molecule has 0 radical (unpaired) electrons. The van der Waals surface area contributed by atoms with Gasteiger partial charge in [-0.25, -0.2) is 0 Å². The van der Waals surface area contributed by atoms with Crippen molar-refractivity contribution in [1.29, 1.82) is 0 Å². The molecule has 1 saturated carbocycles. The maximum Gasteiger partial charge on any atom is 0.276 e. The summed E-state index contributed by atoms with van der Waals surface area (Å²) in [5.74, 6) is 1.36. The molecular weight excluding hydrogens is 276 g/mol. The molecule has 1 aliphatic heterocycles. The van der Waals surface area contributed by atoms with Crippen molar-refractivity contribution in [3.05, 3.63) is 52.9 Å². The zero-order valence-electron chi connectivity index (χ0n) is 12.8. The largest absolute Gasteiger partial charge is 0.360 e. The summed E-state index contributed by atoms with van der Waals surface area (Å²) in [5.41, 5.74) is 2.91. The fourth-order valence-corrected chi connectivity index (χ4v) is 3.33. The van der Waals surface area contributed by atoms with Gasteiger partial charge in [0.25, 0.3) is 5.91 Å². The van der Waals surface area contributed by atoms with Gasteiger partial charge < -0.3 is 9.42 Å². The maximum absolute atomic E-state index is 12.8. The summed E-state index contributed by atoms with van der Waals surface area (Å²) in [6.45, 7) is 2.88. The van der Waals surface area contributed by atoms with Crippen LogP contribution in [0.5, 0.6) is 0 Å².